The second-order valence-corrected chi connectivity index (χ2v) is 3.84. The lowest BCUT2D eigenvalue weighted by atomic mass is 10.0. The molecule has 0 bridgehead atoms. The smallest absolute Gasteiger partial charge is 0.326 e. The predicted molar refractivity (Wildman–Crippen MR) is 56.2 cm³/mol. The van der Waals surface area contributed by atoms with E-state index < -0.39 is 36.3 Å². The van der Waals surface area contributed by atoms with Crippen molar-refractivity contribution in [3.05, 3.63) is 0 Å². The van der Waals surface area contributed by atoms with Gasteiger partial charge in [-0.15, -0.1) is 0 Å². The molecule has 92 valence electrons. The van der Waals surface area contributed by atoms with Gasteiger partial charge in [-0.2, -0.15) is 0 Å². The number of carboxylic acids is 1. The molecule has 0 aromatic rings. The Kier molecular flexibility index (Phi) is 5.44. The van der Waals surface area contributed by atoms with Crippen LogP contribution in [-0.4, -0.2) is 35.0 Å². The van der Waals surface area contributed by atoms with Gasteiger partial charge in [0.25, 0.3) is 0 Å². The standard InChI is InChI=1S/C9H17N3O4/c1-4(2)7(11)8(14)12-5(9(15)16)3-6(10)13/h4-5,7H,3,11H2,1-2H3,(H2,10,13)(H,12,14)(H,15,16)/t5-,7+/m1/s1. The number of carboxylic acid groups (broad SMARTS) is 1. The van der Waals surface area contributed by atoms with Crippen molar-refractivity contribution in [1.29, 1.82) is 0 Å². The lowest BCUT2D eigenvalue weighted by Crippen LogP contribution is -2.51. The first kappa shape index (κ1) is 14.4. The van der Waals surface area contributed by atoms with Crippen molar-refractivity contribution >= 4 is 17.8 Å². The molecule has 0 radical (unpaired) electrons. The molecule has 7 nitrogen and oxygen atoms in total. The van der Waals surface area contributed by atoms with E-state index in [0.717, 1.165) is 0 Å². The van der Waals surface area contributed by atoms with Crippen molar-refractivity contribution in [3.8, 4) is 0 Å². The second-order valence-electron chi connectivity index (χ2n) is 3.84. The van der Waals surface area contributed by atoms with Crippen LogP contribution in [0.15, 0.2) is 0 Å². The zero-order valence-corrected chi connectivity index (χ0v) is 9.27. The molecule has 6 N–H and O–H groups in total. The molecule has 0 saturated heterocycles. The van der Waals surface area contributed by atoms with Gasteiger partial charge < -0.3 is 21.9 Å². The monoisotopic (exact) mass is 231 g/mol. The molecule has 0 aliphatic heterocycles. The molecule has 0 aliphatic rings. The Labute approximate surface area is 93.2 Å². The largest absolute Gasteiger partial charge is 0.480 e. The molecule has 0 spiro atoms. The first-order valence-electron chi connectivity index (χ1n) is 4.82. The highest BCUT2D eigenvalue weighted by molar-refractivity contribution is 5.90. The van der Waals surface area contributed by atoms with Crippen LogP contribution in [0.2, 0.25) is 0 Å². The van der Waals surface area contributed by atoms with Gasteiger partial charge in [0.05, 0.1) is 12.5 Å². The lowest BCUT2D eigenvalue weighted by Gasteiger charge is -2.18. The third kappa shape index (κ3) is 4.74. The molecule has 0 aromatic heterocycles. The number of aliphatic carboxylic acids is 1. The van der Waals surface area contributed by atoms with Crippen molar-refractivity contribution < 1.29 is 19.5 Å². The van der Waals surface area contributed by atoms with E-state index in [1.165, 1.54) is 0 Å². The number of carbonyl (C=O) groups excluding carboxylic acids is 2. The van der Waals surface area contributed by atoms with E-state index >= 15 is 0 Å². The number of primary amides is 1. The fourth-order valence-electron chi connectivity index (χ4n) is 0.972. The molecule has 0 heterocycles. The highest BCUT2D eigenvalue weighted by Crippen LogP contribution is 2.00. The van der Waals surface area contributed by atoms with Crippen LogP contribution in [0.1, 0.15) is 20.3 Å². The molecular formula is C9H17N3O4. The number of rotatable bonds is 6. The summed E-state index contributed by atoms with van der Waals surface area (Å²) in [5, 5.41) is 10.9. The molecule has 2 amide bonds. The summed E-state index contributed by atoms with van der Waals surface area (Å²) < 4.78 is 0. The number of hydrogen-bond acceptors (Lipinski definition) is 4. The molecule has 0 saturated carbocycles. The summed E-state index contributed by atoms with van der Waals surface area (Å²) in [5.41, 5.74) is 10.4. The Bertz CT molecular complexity index is 290. The summed E-state index contributed by atoms with van der Waals surface area (Å²) in [7, 11) is 0. The molecule has 0 rings (SSSR count). The first-order valence-corrected chi connectivity index (χ1v) is 4.82. The summed E-state index contributed by atoms with van der Waals surface area (Å²) in [6.07, 6.45) is -0.452. The molecule has 7 heteroatoms. The number of hydrogen-bond donors (Lipinski definition) is 4. The summed E-state index contributed by atoms with van der Waals surface area (Å²) in [5.74, 6) is -2.85. The maximum atomic E-state index is 11.4. The van der Waals surface area contributed by atoms with Crippen molar-refractivity contribution in [2.45, 2.75) is 32.4 Å². The van der Waals surface area contributed by atoms with Gasteiger partial charge in [-0.1, -0.05) is 13.8 Å². The zero-order chi connectivity index (χ0) is 12.9. The van der Waals surface area contributed by atoms with Crippen LogP contribution in [0.5, 0.6) is 0 Å². The predicted octanol–water partition coefficient (Wildman–Crippen LogP) is -1.59. The van der Waals surface area contributed by atoms with Crippen molar-refractivity contribution in [2.75, 3.05) is 0 Å². The van der Waals surface area contributed by atoms with Crippen LogP contribution in [0, 0.1) is 5.92 Å². The number of carbonyl (C=O) groups is 3. The number of nitrogens with one attached hydrogen (secondary N) is 1. The summed E-state index contributed by atoms with van der Waals surface area (Å²) in [6, 6.07) is -2.13. The van der Waals surface area contributed by atoms with E-state index in [4.69, 9.17) is 16.6 Å². The van der Waals surface area contributed by atoms with Gasteiger partial charge in [0.1, 0.15) is 6.04 Å². The van der Waals surface area contributed by atoms with Crippen LogP contribution in [0.3, 0.4) is 0 Å². The minimum Gasteiger partial charge on any atom is -0.480 e. The minimum absolute atomic E-state index is 0.122. The van der Waals surface area contributed by atoms with Gasteiger partial charge in [-0.25, -0.2) is 4.79 Å². The van der Waals surface area contributed by atoms with E-state index in [1.54, 1.807) is 13.8 Å². The molecule has 16 heavy (non-hydrogen) atoms. The molecule has 0 aromatic carbocycles. The van der Waals surface area contributed by atoms with Gasteiger partial charge in [0, 0.05) is 0 Å². The third-order valence-corrected chi connectivity index (χ3v) is 2.04. The Morgan fingerprint density at radius 1 is 1.31 bits per heavy atom. The van der Waals surface area contributed by atoms with Crippen molar-refractivity contribution in [1.82, 2.24) is 5.32 Å². The SMILES string of the molecule is CC(C)[C@H](N)C(=O)N[C@H](CC(N)=O)C(=O)O. The van der Waals surface area contributed by atoms with Gasteiger partial charge in [-0.3, -0.25) is 9.59 Å². The highest BCUT2D eigenvalue weighted by Gasteiger charge is 2.25. The molecule has 0 fully saturated rings. The van der Waals surface area contributed by atoms with Gasteiger partial charge in [0.2, 0.25) is 11.8 Å². The lowest BCUT2D eigenvalue weighted by molar-refractivity contribution is -0.143. The number of amides is 2. The van der Waals surface area contributed by atoms with Crippen LogP contribution >= 0.6 is 0 Å². The Morgan fingerprint density at radius 3 is 2.12 bits per heavy atom. The van der Waals surface area contributed by atoms with Crippen molar-refractivity contribution in [2.24, 2.45) is 17.4 Å². The molecule has 0 unspecified atom stereocenters. The fourth-order valence-corrected chi connectivity index (χ4v) is 0.972. The van der Waals surface area contributed by atoms with Gasteiger partial charge in [-0.05, 0) is 5.92 Å². The molecule has 2 atom stereocenters. The first-order chi connectivity index (χ1) is 7.25. The van der Waals surface area contributed by atoms with Crippen LogP contribution < -0.4 is 16.8 Å². The summed E-state index contributed by atoms with van der Waals surface area (Å²) in [6.45, 7) is 3.46. The topological polar surface area (TPSA) is 136 Å². The van der Waals surface area contributed by atoms with Crippen LogP contribution in [0.4, 0.5) is 0 Å². The van der Waals surface area contributed by atoms with E-state index in [1.807, 2.05) is 0 Å². The van der Waals surface area contributed by atoms with E-state index in [-0.39, 0.29) is 5.92 Å². The summed E-state index contributed by atoms with van der Waals surface area (Å²) in [4.78, 5) is 32.7. The van der Waals surface area contributed by atoms with Gasteiger partial charge in [0.15, 0.2) is 0 Å². The second kappa shape index (κ2) is 6.06. The normalized spacial score (nSPS) is 14.2. The maximum Gasteiger partial charge on any atom is 0.326 e. The average molecular weight is 231 g/mol. The Balaban J connectivity index is 4.46. The van der Waals surface area contributed by atoms with Crippen molar-refractivity contribution in [3.63, 3.8) is 0 Å². The van der Waals surface area contributed by atoms with E-state index in [2.05, 4.69) is 5.32 Å². The quantitative estimate of drug-likeness (QED) is 0.437. The van der Waals surface area contributed by atoms with Crippen LogP contribution in [-0.2, 0) is 14.4 Å². The highest BCUT2D eigenvalue weighted by atomic mass is 16.4. The number of nitrogens with two attached hydrogens (primary N) is 2. The molecule has 0 aliphatic carbocycles. The molecular weight excluding hydrogens is 214 g/mol. The maximum absolute atomic E-state index is 11.4. The van der Waals surface area contributed by atoms with E-state index in [9.17, 15) is 14.4 Å². The van der Waals surface area contributed by atoms with Crippen LogP contribution in [0.25, 0.3) is 0 Å². The van der Waals surface area contributed by atoms with Gasteiger partial charge >= 0.3 is 5.97 Å². The fraction of sp³-hybridized carbons (Fsp3) is 0.667. The van der Waals surface area contributed by atoms with E-state index in [0.29, 0.717) is 0 Å². The Morgan fingerprint density at radius 2 is 1.81 bits per heavy atom. The Hall–Kier alpha value is -1.63. The minimum atomic E-state index is -1.32. The summed E-state index contributed by atoms with van der Waals surface area (Å²) >= 11 is 0. The zero-order valence-electron chi connectivity index (χ0n) is 9.27. The third-order valence-electron chi connectivity index (χ3n) is 2.04. The average Bonchev–Trinajstić information content (AvgIpc) is 2.14.